The maximum Gasteiger partial charge on any atom is 0.0891 e. The second-order valence-corrected chi connectivity index (χ2v) is 5.25. The van der Waals surface area contributed by atoms with Gasteiger partial charge in [0, 0.05) is 24.7 Å². The summed E-state index contributed by atoms with van der Waals surface area (Å²) in [7, 11) is 0. The van der Waals surface area contributed by atoms with Crippen LogP contribution in [-0.2, 0) is 11.3 Å². The quantitative estimate of drug-likeness (QED) is 0.833. The minimum Gasteiger partial charge on any atom is -0.372 e. The topological polar surface area (TPSA) is 25.4 Å². The number of nitrogens with zero attached hydrogens (tertiary/aromatic N) is 2. The summed E-state index contributed by atoms with van der Waals surface area (Å²) in [4.78, 5) is 6.64. The molecule has 1 aromatic heterocycles. The zero-order valence-corrected chi connectivity index (χ0v) is 11.1. The van der Waals surface area contributed by atoms with E-state index in [4.69, 9.17) is 4.74 Å². The highest BCUT2D eigenvalue weighted by molar-refractivity contribution is 7.80. The summed E-state index contributed by atoms with van der Waals surface area (Å²) in [5.41, 5.74) is 1.01. The van der Waals surface area contributed by atoms with Crippen molar-refractivity contribution in [3.63, 3.8) is 0 Å². The molecular weight excluding hydrogens is 232 g/mol. The molecule has 1 aliphatic heterocycles. The Morgan fingerprint density at radius 1 is 1.47 bits per heavy atom. The summed E-state index contributed by atoms with van der Waals surface area (Å²) >= 11 is 4.46. The monoisotopic (exact) mass is 252 g/mol. The van der Waals surface area contributed by atoms with E-state index < -0.39 is 0 Å². The molecule has 94 valence electrons. The lowest BCUT2D eigenvalue weighted by Crippen LogP contribution is -2.40. The van der Waals surface area contributed by atoms with Gasteiger partial charge in [0.15, 0.2) is 0 Å². The molecule has 0 aromatic carbocycles. The van der Waals surface area contributed by atoms with Gasteiger partial charge in [-0.25, -0.2) is 0 Å². The van der Waals surface area contributed by atoms with E-state index in [0.717, 1.165) is 31.6 Å². The molecule has 1 fully saturated rings. The van der Waals surface area contributed by atoms with E-state index in [-0.39, 0.29) is 0 Å². The van der Waals surface area contributed by atoms with E-state index in [1.807, 2.05) is 24.4 Å². The SMILES string of the molecule is CC(S)N1CCC(OCc2ccccn2)CC1. The number of aromatic nitrogens is 1. The van der Waals surface area contributed by atoms with Gasteiger partial charge < -0.3 is 4.74 Å². The Morgan fingerprint density at radius 3 is 2.82 bits per heavy atom. The number of rotatable bonds is 4. The van der Waals surface area contributed by atoms with Gasteiger partial charge in [0.2, 0.25) is 0 Å². The third-order valence-electron chi connectivity index (χ3n) is 3.20. The predicted octanol–water partition coefficient (Wildman–Crippen LogP) is 2.34. The van der Waals surface area contributed by atoms with Crippen molar-refractivity contribution in [2.24, 2.45) is 0 Å². The third-order valence-corrected chi connectivity index (χ3v) is 3.52. The van der Waals surface area contributed by atoms with E-state index in [0.29, 0.717) is 18.1 Å². The molecule has 0 saturated carbocycles. The fraction of sp³-hybridized carbons (Fsp3) is 0.615. The molecule has 4 heteroatoms. The molecule has 1 saturated heterocycles. The molecule has 1 aliphatic rings. The normalized spacial score (nSPS) is 20.4. The van der Waals surface area contributed by atoms with Crippen LogP contribution >= 0.6 is 12.6 Å². The fourth-order valence-corrected chi connectivity index (χ4v) is 2.33. The van der Waals surface area contributed by atoms with Crippen LogP contribution in [-0.4, -0.2) is 34.5 Å². The highest BCUT2D eigenvalue weighted by Crippen LogP contribution is 2.18. The summed E-state index contributed by atoms with van der Waals surface area (Å²) < 4.78 is 5.88. The van der Waals surface area contributed by atoms with E-state index in [1.165, 1.54) is 0 Å². The molecule has 0 N–H and O–H groups in total. The molecule has 0 amide bonds. The lowest BCUT2D eigenvalue weighted by Gasteiger charge is -2.33. The molecule has 3 nitrogen and oxygen atoms in total. The molecule has 0 aliphatic carbocycles. The van der Waals surface area contributed by atoms with Gasteiger partial charge in [-0.05, 0) is 31.9 Å². The summed E-state index contributed by atoms with van der Waals surface area (Å²) in [5, 5.41) is 0.353. The number of hydrogen-bond acceptors (Lipinski definition) is 4. The van der Waals surface area contributed by atoms with Crippen molar-refractivity contribution in [3.8, 4) is 0 Å². The first-order valence-corrected chi connectivity index (χ1v) is 6.71. The molecule has 0 spiro atoms. The molecule has 17 heavy (non-hydrogen) atoms. The summed E-state index contributed by atoms with van der Waals surface area (Å²) in [6.07, 6.45) is 4.37. The second-order valence-electron chi connectivity index (χ2n) is 4.50. The number of hydrogen-bond donors (Lipinski definition) is 1. The molecular formula is C13H20N2OS. The van der Waals surface area contributed by atoms with Crippen LogP contribution < -0.4 is 0 Å². The van der Waals surface area contributed by atoms with Crippen molar-refractivity contribution in [2.45, 2.75) is 37.9 Å². The second kappa shape index (κ2) is 6.38. The van der Waals surface area contributed by atoms with Gasteiger partial charge in [-0.1, -0.05) is 6.07 Å². The van der Waals surface area contributed by atoms with Crippen molar-refractivity contribution < 1.29 is 4.74 Å². The standard InChI is InChI=1S/C13H20N2OS/c1-11(17)15-8-5-13(6-9-15)16-10-12-4-2-3-7-14-12/h2-4,7,11,13,17H,5-6,8-10H2,1H3. The molecule has 0 bridgehead atoms. The average molecular weight is 252 g/mol. The number of likely N-dealkylation sites (tertiary alicyclic amines) is 1. The maximum absolute atomic E-state index is 5.88. The van der Waals surface area contributed by atoms with E-state index >= 15 is 0 Å². The highest BCUT2D eigenvalue weighted by atomic mass is 32.1. The Balaban J connectivity index is 1.72. The smallest absolute Gasteiger partial charge is 0.0891 e. The van der Waals surface area contributed by atoms with Crippen molar-refractivity contribution in [1.82, 2.24) is 9.88 Å². The predicted molar refractivity (Wildman–Crippen MR) is 72.1 cm³/mol. The number of ether oxygens (including phenoxy) is 1. The lowest BCUT2D eigenvalue weighted by atomic mass is 10.1. The van der Waals surface area contributed by atoms with Gasteiger partial charge in [0.1, 0.15) is 0 Å². The largest absolute Gasteiger partial charge is 0.372 e. The fourth-order valence-electron chi connectivity index (χ4n) is 2.10. The van der Waals surface area contributed by atoms with Crippen LogP contribution in [0.15, 0.2) is 24.4 Å². The van der Waals surface area contributed by atoms with Gasteiger partial charge in [-0.3, -0.25) is 9.88 Å². The molecule has 0 radical (unpaired) electrons. The van der Waals surface area contributed by atoms with Crippen LogP contribution in [0.5, 0.6) is 0 Å². The van der Waals surface area contributed by atoms with Crippen LogP contribution in [0.25, 0.3) is 0 Å². The Bertz CT molecular complexity index is 323. The molecule has 1 atom stereocenters. The minimum absolute atomic E-state index is 0.353. The van der Waals surface area contributed by atoms with Gasteiger partial charge in [0.05, 0.1) is 18.4 Å². The maximum atomic E-state index is 5.88. The van der Waals surface area contributed by atoms with Crippen molar-refractivity contribution in [2.75, 3.05) is 13.1 Å². The number of thiol groups is 1. The Hall–Kier alpha value is -0.580. The van der Waals surface area contributed by atoms with Crippen molar-refractivity contribution >= 4 is 12.6 Å². The first-order chi connectivity index (χ1) is 8.25. The average Bonchev–Trinajstić information content (AvgIpc) is 2.38. The molecule has 1 aromatic rings. The van der Waals surface area contributed by atoms with Gasteiger partial charge in [0.25, 0.3) is 0 Å². The van der Waals surface area contributed by atoms with Gasteiger partial charge in [-0.15, -0.1) is 0 Å². The van der Waals surface area contributed by atoms with Crippen molar-refractivity contribution in [1.29, 1.82) is 0 Å². The summed E-state index contributed by atoms with van der Waals surface area (Å²) in [5.74, 6) is 0. The Kier molecular flexibility index (Phi) is 4.83. The van der Waals surface area contributed by atoms with Crippen LogP contribution in [0, 0.1) is 0 Å². The van der Waals surface area contributed by atoms with E-state index in [2.05, 4.69) is 29.4 Å². The Morgan fingerprint density at radius 2 is 2.24 bits per heavy atom. The zero-order chi connectivity index (χ0) is 12.1. The lowest BCUT2D eigenvalue weighted by molar-refractivity contribution is -0.00467. The summed E-state index contributed by atoms with van der Waals surface area (Å²) in [6, 6.07) is 5.93. The highest BCUT2D eigenvalue weighted by Gasteiger charge is 2.21. The number of pyridine rings is 1. The first kappa shape index (κ1) is 12.9. The van der Waals surface area contributed by atoms with Crippen LogP contribution in [0.1, 0.15) is 25.5 Å². The van der Waals surface area contributed by atoms with Crippen LogP contribution in [0.2, 0.25) is 0 Å². The van der Waals surface area contributed by atoms with Crippen LogP contribution in [0.4, 0.5) is 0 Å². The molecule has 2 heterocycles. The third kappa shape index (κ3) is 3.98. The first-order valence-electron chi connectivity index (χ1n) is 6.19. The van der Waals surface area contributed by atoms with Crippen molar-refractivity contribution in [3.05, 3.63) is 30.1 Å². The van der Waals surface area contributed by atoms with Gasteiger partial charge in [-0.2, -0.15) is 12.6 Å². The minimum atomic E-state index is 0.353. The molecule has 1 unspecified atom stereocenters. The summed E-state index contributed by atoms with van der Waals surface area (Å²) in [6.45, 7) is 4.91. The Labute approximate surface area is 109 Å². The zero-order valence-electron chi connectivity index (χ0n) is 10.2. The molecule has 2 rings (SSSR count). The van der Waals surface area contributed by atoms with E-state index in [1.54, 1.807) is 0 Å². The van der Waals surface area contributed by atoms with Crippen LogP contribution in [0.3, 0.4) is 0 Å². The number of piperidine rings is 1. The van der Waals surface area contributed by atoms with Gasteiger partial charge >= 0.3 is 0 Å². The van der Waals surface area contributed by atoms with E-state index in [9.17, 15) is 0 Å².